The minimum Gasteiger partial charge on any atom is -0.388 e. The van der Waals surface area contributed by atoms with Crippen molar-refractivity contribution in [1.82, 2.24) is 5.32 Å². The predicted octanol–water partition coefficient (Wildman–Crippen LogP) is 2.63. The van der Waals surface area contributed by atoms with Crippen LogP contribution in [0.3, 0.4) is 0 Å². The maximum absolute atomic E-state index is 3.78. The molecule has 0 saturated heterocycles. The van der Waals surface area contributed by atoms with Gasteiger partial charge in [-0.2, -0.15) is 0 Å². The topological polar surface area (TPSA) is 12.0 Å². The van der Waals surface area contributed by atoms with Gasteiger partial charge in [0.25, 0.3) is 0 Å². The lowest BCUT2D eigenvalue weighted by Gasteiger charge is -2.15. The monoisotopic (exact) mass is 151 g/mol. The van der Waals surface area contributed by atoms with Gasteiger partial charge in [0, 0.05) is 14.2 Å². The summed E-state index contributed by atoms with van der Waals surface area (Å²) in [5, 5.41) is 3.17. The Morgan fingerprint density at radius 1 is 1.64 bits per heavy atom. The molecular formula is C10H17N. The van der Waals surface area contributed by atoms with Crippen molar-refractivity contribution < 1.29 is 1.43 Å². The van der Waals surface area contributed by atoms with Crippen molar-refractivity contribution in [1.29, 1.82) is 0 Å². The summed E-state index contributed by atoms with van der Waals surface area (Å²) in [6.07, 6.45) is 6.43. The first kappa shape index (κ1) is 8.12. The van der Waals surface area contributed by atoms with Crippen LogP contribution in [0.4, 0.5) is 0 Å². The van der Waals surface area contributed by atoms with Gasteiger partial charge in [0.05, 0.1) is 0 Å². The molecule has 1 heteroatoms. The minimum atomic E-state index is 0. The van der Waals surface area contributed by atoms with E-state index in [0.717, 1.165) is 6.42 Å². The Balaban J connectivity index is 0.00000121. The molecule has 0 saturated carbocycles. The summed E-state index contributed by atoms with van der Waals surface area (Å²) in [5.74, 6) is 0. The van der Waals surface area contributed by atoms with E-state index in [4.69, 9.17) is 0 Å². The Bertz CT molecular complexity index is 226. The Morgan fingerprint density at radius 3 is 2.91 bits per heavy atom. The van der Waals surface area contributed by atoms with E-state index < -0.39 is 0 Å². The summed E-state index contributed by atoms with van der Waals surface area (Å²) in [7, 11) is 1.95. The molecule has 0 amide bonds. The molecule has 0 aromatic heterocycles. The Labute approximate surface area is 70.0 Å². The summed E-state index contributed by atoms with van der Waals surface area (Å²) in [6, 6.07) is 0. The van der Waals surface area contributed by atoms with Gasteiger partial charge in [0.15, 0.2) is 0 Å². The molecule has 1 N–H and O–H groups in total. The number of nitrogens with one attached hydrogen (secondary N) is 1. The third-order valence-corrected chi connectivity index (χ3v) is 2.04. The summed E-state index contributed by atoms with van der Waals surface area (Å²) in [4.78, 5) is 0. The molecule has 0 heterocycles. The van der Waals surface area contributed by atoms with Gasteiger partial charge < -0.3 is 5.32 Å². The number of rotatable bonds is 2. The lowest BCUT2D eigenvalue weighted by molar-refractivity contribution is 0.865. The molecule has 0 unspecified atom stereocenters. The third-order valence-electron chi connectivity index (χ3n) is 2.04. The molecule has 0 atom stereocenters. The molecule has 1 nitrogen and oxygen atoms in total. The van der Waals surface area contributed by atoms with Crippen LogP contribution < -0.4 is 5.32 Å². The van der Waals surface area contributed by atoms with Crippen LogP contribution in [0.2, 0.25) is 0 Å². The minimum absolute atomic E-state index is 0. The first-order chi connectivity index (χ1) is 5.27. The van der Waals surface area contributed by atoms with Crippen LogP contribution in [0.15, 0.2) is 35.6 Å². The molecule has 1 rings (SSSR count). The van der Waals surface area contributed by atoms with Crippen molar-refractivity contribution in [3.05, 3.63) is 35.6 Å². The van der Waals surface area contributed by atoms with Crippen molar-refractivity contribution in [2.75, 3.05) is 7.05 Å². The first-order valence-electron chi connectivity index (χ1n) is 3.98. The highest BCUT2D eigenvalue weighted by Gasteiger charge is 2.06. The van der Waals surface area contributed by atoms with Gasteiger partial charge in [-0.3, -0.25) is 0 Å². The summed E-state index contributed by atoms with van der Waals surface area (Å²) < 4.78 is 0. The Morgan fingerprint density at radius 2 is 2.36 bits per heavy atom. The first-order valence-corrected chi connectivity index (χ1v) is 3.98. The molecule has 0 aromatic carbocycles. The second-order valence-corrected chi connectivity index (χ2v) is 2.88. The Hall–Kier alpha value is -0.980. The molecule has 0 radical (unpaired) electrons. The van der Waals surface area contributed by atoms with E-state index >= 15 is 0 Å². The van der Waals surface area contributed by atoms with Crippen LogP contribution in [0.5, 0.6) is 0 Å². The zero-order valence-electron chi connectivity index (χ0n) is 7.28. The standard InChI is InChI=1S/C10H15N.H2/c1-4-9-6-5-8(2)7-10(9)11-3;/h4,7,11H,1,5-6H2,2-3H3;1H. The lowest BCUT2D eigenvalue weighted by Crippen LogP contribution is -2.09. The van der Waals surface area contributed by atoms with Crippen LogP contribution in [-0.4, -0.2) is 7.05 Å². The molecule has 0 spiro atoms. The highest BCUT2D eigenvalue weighted by Crippen LogP contribution is 2.22. The van der Waals surface area contributed by atoms with E-state index in [1.807, 2.05) is 13.1 Å². The maximum Gasteiger partial charge on any atom is 0.0369 e. The molecule has 1 aliphatic rings. The molecule has 11 heavy (non-hydrogen) atoms. The van der Waals surface area contributed by atoms with Gasteiger partial charge >= 0.3 is 0 Å². The average molecular weight is 151 g/mol. The lowest BCUT2D eigenvalue weighted by atomic mass is 9.97. The zero-order valence-corrected chi connectivity index (χ0v) is 7.28. The number of hydrogen-bond donors (Lipinski definition) is 1. The molecule has 0 bridgehead atoms. The smallest absolute Gasteiger partial charge is 0.0369 e. The van der Waals surface area contributed by atoms with Crippen LogP contribution in [0, 0.1) is 0 Å². The van der Waals surface area contributed by atoms with Crippen LogP contribution in [-0.2, 0) is 0 Å². The normalized spacial score (nSPS) is 17.8. The SMILES string of the molecule is C=CC1=C(NC)C=C(C)CC1.[HH]. The van der Waals surface area contributed by atoms with E-state index in [-0.39, 0.29) is 1.43 Å². The molecule has 62 valence electrons. The highest BCUT2D eigenvalue weighted by molar-refractivity contribution is 5.36. The predicted molar refractivity (Wildman–Crippen MR) is 51.4 cm³/mol. The maximum atomic E-state index is 3.78. The van der Waals surface area contributed by atoms with Crippen molar-refractivity contribution in [3.63, 3.8) is 0 Å². The fourth-order valence-corrected chi connectivity index (χ4v) is 1.32. The van der Waals surface area contributed by atoms with Gasteiger partial charge in [-0.05, 0) is 31.4 Å². The third kappa shape index (κ3) is 1.73. The largest absolute Gasteiger partial charge is 0.388 e. The van der Waals surface area contributed by atoms with Gasteiger partial charge in [-0.25, -0.2) is 0 Å². The number of likely N-dealkylation sites (N-methyl/N-ethyl adjacent to an activating group) is 1. The van der Waals surface area contributed by atoms with Crippen molar-refractivity contribution in [3.8, 4) is 0 Å². The van der Waals surface area contributed by atoms with Crippen LogP contribution in [0.1, 0.15) is 21.2 Å². The Kier molecular flexibility index (Phi) is 2.53. The van der Waals surface area contributed by atoms with E-state index in [0.29, 0.717) is 0 Å². The molecule has 0 aromatic rings. The van der Waals surface area contributed by atoms with Gasteiger partial charge in [-0.15, -0.1) is 0 Å². The summed E-state index contributed by atoms with van der Waals surface area (Å²) >= 11 is 0. The summed E-state index contributed by atoms with van der Waals surface area (Å²) in [5.41, 5.74) is 4.00. The van der Waals surface area contributed by atoms with Crippen molar-refractivity contribution in [2.24, 2.45) is 0 Å². The summed E-state index contributed by atoms with van der Waals surface area (Å²) in [6.45, 7) is 5.94. The quantitative estimate of drug-likeness (QED) is 0.639. The van der Waals surface area contributed by atoms with Gasteiger partial charge in [0.1, 0.15) is 0 Å². The van der Waals surface area contributed by atoms with Crippen molar-refractivity contribution >= 4 is 0 Å². The van der Waals surface area contributed by atoms with E-state index in [1.54, 1.807) is 0 Å². The van der Waals surface area contributed by atoms with Gasteiger partial charge in [-0.1, -0.05) is 18.2 Å². The fraction of sp³-hybridized carbons (Fsp3) is 0.400. The van der Waals surface area contributed by atoms with Crippen LogP contribution >= 0.6 is 0 Å². The van der Waals surface area contributed by atoms with Crippen LogP contribution in [0.25, 0.3) is 0 Å². The number of allylic oxidation sites excluding steroid dienone is 4. The molecule has 0 fully saturated rings. The number of hydrogen-bond acceptors (Lipinski definition) is 1. The zero-order chi connectivity index (χ0) is 8.27. The second-order valence-electron chi connectivity index (χ2n) is 2.88. The van der Waals surface area contributed by atoms with Crippen molar-refractivity contribution in [2.45, 2.75) is 19.8 Å². The van der Waals surface area contributed by atoms with E-state index in [9.17, 15) is 0 Å². The highest BCUT2D eigenvalue weighted by atomic mass is 14.8. The molecule has 1 aliphatic carbocycles. The molecule has 0 aliphatic heterocycles. The average Bonchev–Trinajstić information content (AvgIpc) is 2.04. The molecular weight excluding hydrogens is 134 g/mol. The van der Waals surface area contributed by atoms with E-state index in [1.165, 1.54) is 23.3 Å². The second kappa shape index (κ2) is 3.42. The van der Waals surface area contributed by atoms with Gasteiger partial charge in [0.2, 0.25) is 0 Å². The van der Waals surface area contributed by atoms with E-state index in [2.05, 4.69) is 24.9 Å². The fourth-order valence-electron chi connectivity index (χ4n) is 1.32.